The van der Waals surface area contributed by atoms with Gasteiger partial charge in [0, 0.05) is 16.2 Å². The summed E-state index contributed by atoms with van der Waals surface area (Å²) in [6, 6.07) is 36.3. The molecule has 4 aromatic carbocycles. The van der Waals surface area contributed by atoms with E-state index in [-0.39, 0.29) is 0 Å². The van der Waals surface area contributed by atoms with Gasteiger partial charge < -0.3 is 10.2 Å². The summed E-state index contributed by atoms with van der Waals surface area (Å²) in [6.07, 6.45) is 0. The summed E-state index contributed by atoms with van der Waals surface area (Å²) in [5.41, 5.74) is 2.88. The topological polar surface area (TPSA) is 40.5 Å². The molecule has 0 atom stereocenters. The lowest BCUT2D eigenvalue weighted by atomic mass is 10.0. The maximum atomic E-state index is 10.6. The van der Waals surface area contributed by atoms with Gasteiger partial charge in [0.1, 0.15) is 11.5 Å². The Bertz CT molecular complexity index is 985. The van der Waals surface area contributed by atoms with E-state index in [4.69, 9.17) is 0 Å². The zero-order chi connectivity index (χ0) is 20.1. The van der Waals surface area contributed by atoms with E-state index in [2.05, 4.69) is 48.5 Å². The van der Waals surface area contributed by atoms with Crippen LogP contribution in [0.4, 0.5) is 0 Å². The Morgan fingerprint density at radius 2 is 0.897 bits per heavy atom. The van der Waals surface area contributed by atoms with Crippen molar-refractivity contribution in [1.82, 2.24) is 0 Å². The monoisotopic (exact) mass is 414 g/mol. The smallest absolute Gasteiger partial charge is 0.123 e. The molecule has 0 aliphatic heterocycles. The third-order valence-electron chi connectivity index (χ3n) is 5.11. The van der Waals surface area contributed by atoms with E-state index in [0.29, 0.717) is 17.0 Å². The van der Waals surface area contributed by atoms with Crippen molar-refractivity contribution in [2.24, 2.45) is 0 Å². The van der Waals surface area contributed by atoms with E-state index in [1.54, 1.807) is 12.1 Å². The highest BCUT2D eigenvalue weighted by atomic mass is 31.4. The molecule has 4 aromatic rings. The number of aromatic hydroxyl groups is 2. The number of para-hydroxylation sites is 2. The predicted molar refractivity (Wildman–Crippen MR) is 126 cm³/mol. The van der Waals surface area contributed by atoms with Crippen LogP contribution < -0.4 is 10.6 Å². The van der Waals surface area contributed by atoms with Crippen LogP contribution in [0.25, 0.3) is 0 Å². The molecular weight excluding hydrogens is 391 g/mol. The molecule has 0 heterocycles. The molecule has 29 heavy (non-hydrogen) atoms. The summed E-state index contributed by atoms with van der Waals surface area (Å²) in [5, 5.41) is 23.2. The predicted octanol–water partition coefficient (Wildman–Crippen LogP) is 4.40. The number of benzene rings is 4. The molecule has 0 fully saturated rings. The van der Waals surface area contributed by atoms with Gasteiger partial charge in [-0.2, -0.15) is 0 Å². The van der Waals surface area contributed by atoms with Crippen LogP contribution in [0.1, 0.15) is 16.7 Å². The average Bonchev–Trinajstić information content (AvgIpc) is 2.77. The van der Waals surface area contributed by atoms with Crippen LogP contribution in [-0.4, -0.2) is 19.4 Å². The van der Waals surface area contributed by atoms with Crippen molar-refractivity contribution in [2.45, 2.75) is 5.54 Å². The first kappa shape index (κ1) is 19.4. The normalized spacial score (nSPS) is 11.5. The van der Waals surface area contributed by atoms with E-state index >= 15 is 0 Å². The fourth-order valence-corrected chi connectivity index (χ4v) is 12.0. The standard InChI is InChI=1S/C25H23O2PSi/c26-21-15-7-9-17-23(21)28(24-18-10-8-16-22(24)27)29-25(19-11-3-1-4-12-19)20-13-5-2-6-14-20/h1-18,25-27H,29H2. The Hall–Kier alpha value is -2.87. The van der Waals surface area contributed by atoms with Crippen LogP contribution >= 0.6 is 7.47 Å². The first-order valence-electron chi connectivity index (χ1n) is 9.67. The Balaban J connectivity index is 1.83. The number of hydrogen-bond donors (Lipinski definition) is 2. The summed E-state index contributed by atoms with van der Waals surface area (Å²) >= 11 is 0. The van der Waals surface area contributed by atoms with Crippen molar-refractivity contribution in [3.05, 3.63) is 120 Å². The molecule has 0 bridgehead atoms. The van der Waals surface area contributed by atoms with Crippen LogP contribution in [0.2, 0.25) is 0 Å². The average molecular weight is 415 g/mol. The van der Waals surface area contributed by atoms with Crippen LogP contribution in [0.5, 0.6) is 11.5 Å². The number of phenolic OH excluding ortho intramolecular Hbond substituents is 2. The highest BCUT2D eigenvalue weighted by molar-refractivity contribution is 7.97. The van der Waals surface area contributed by atoms with Gasteiger partial charge in [-0.3, -0.25) is 0 Å². The maximum absolute atomic E-state index is 10.6. The van der Waals surface area contributed by atoms with Crippen LogP contribution in [0, 0.1) is 0 Å². The first-order chi connectivity index (χ1) is 14.2. The highest BCUT2D eigenvalue weighted by Crippen LogP contribution is 2.43. The van der Waals surface area contributed by atoms with E-state index in [0.717, 1.165) is 10.6 Å². The first-order valence-corrected chi connectivity index (χ1v) is 13.9. The second-order valence-corrected chi connectivity index (χ2v) is 13.0. The Labute approximate surface area is 174 Å². The third-order valence-corrected chi connectivity index (χ3v) is 12.9. The van der Waals surface area contributed by atoms with E-state index in [1.165, 1.54) is 11.1 Å². The molecule has 2 N–H and O–H groups in total. The lowest BCUT2D eigenvalue weighted by Gasteiger charge is -2.26. The largest absolute Gasteiger partial charge is 0.507 e. The van der Waals surface area contributed by atoms with Crippen molar-refractivity contribution in [3.8, 4) is 11.5 Å². The minimum atomic E-state index is -0.852. The lowest BCUT2D eigenvalue weighted by Crippen LogP contribution is -2.21. The molecule has 0 spiro atoms. The molecule has 4 rings (SSSR count). The molecule has 0 aromatic heterocycles. The van der Waals surface area contributed by atoms with Gasteiger partial charge in [0.15, 0.2) is 0 Å². The minimum Gasteiger partial charge on any atom is -0.507 e. The van der Waals surface area contributed by atoms with E-state index in [9.17, 15) is 10.2 Å². The van der Waals surface area contributed by atoms with Crippen molar-refractivity contribution >= 4 is 27.3 Å². The summed E-state index contributed by atoms with van der Waals surface area (Å²) < 4.78 is 0. The van der Waals surface area contributed by atoms with Gasteiger partial charge >= 0.3 is 0 Å². The SMILES string of the molecule is Oc1ccccc1P([SiH2]C(c1ccccc1)c1ccccc1)c1ccccc1O. The van der Waals surface area contributed by atoms with Crippen LogP contribution in [0.3, 0.4) is 0 Å². The fourth-order valence-electron chi connectivity index (χ4n) is 3.67. The molecule has 144 valence electrons. The van der Waals surface area contributed by atoms with Crippen molar-refractivity contribution in [1.29, 1.82) is 0 Å². The van der Waals surface area contributed by atoms with Crippen molar-refractivity contribution in [3.63, 3.8) is 0 Å². The zero-order valence-corrected chi connectivity index (χ0v) is 18.3. The Morgan fingerprint density at radius 1 is 0.517 bits per heavy atom. The maximum Gasteiger partial charge on any atom is 0.123 e. The number of hydrogen-bond acceptors (Lipinski definition) is 2. The minimum absolute atomic E-state index is 0.294. The van der Waals surface area contributed by atoms with Gasteiger partial charge in [-0.1, -0.05) is 105 Å². The fraction of sp³-hybridized carbons (Fsp3) is 0.0400. The molecule has 4 heteroatoms. The van der Waals surface area contributed by atoms with Gasteiger partial charge in [0.2, 0.25) is 0 Å². The molecule has 2 nitrogen and oxygen atoms in total. The van der Waals surface area contributed by atoms with Crippen molar-refractivity contribution < 1.29 is 10.2 Å². The van der Waals surface area contributed by atoms with Crippen LogP contribution in [-0.2, 0) is 0 Å². The second kappa shape index (κ2) is 9.08. The summed E-state index contributed by atoms with van der Waals surface area (Å²) in [7, 11) is -1.69. The Kier molecular flexibility index (Phi) is 6.09. The zero-order valence-electron chi connectivity index (χ0n) is 16.0. The summed E-state index contributed by atoms with van der Waals surface area (Å²) in [5.74, 6) is 0.628. The molecule has 0 aliphatic carbocycles. The molecule has 0 radical (unpaired) electrons. The second-order valence-electron chi connectivity index (χ2n) is 6.96. The van der Waals surface area contributed by atoms with Gasteiger partial charge in [-0.25, -0.2) is 0 Å². The number of rotatable bonds is 6. The summed E-state index contributed by atoms with van der Waals surface area (Å²) in [4.78, 5) is 0. The van der Waals surface area contributed by atoms with Crippen LogP contribution in [0.15, 0.2) is 109 Å². The molecule has 0 saturated carbocycles. The Morgan fingerprint density at radius 3 is 1.31 bits per heavy atom. The molecule has 0 unspecified atom stereocenters. The molecule has 0 amide bonds. The lowest BCUT2D eigenvalue weighted by molar-refractivity contribution is 0.479. The molecule has 0 aliphatic rings. The van der Waals surface area contributed by atoms with Gasteiger partial charge in [-0.15, -0.1) is 0 Å². The van der Waals surface area contributed by atoms with Gasteiger partial charge in [0.25, 0.3) is 0 Å². The molecular formula is C25H23O2PSi. The summed E-state index contributed by atoms with van der Waals surface area (Å²) in [6.45, 7) is 0. The quantitative estimate of drug-likeness (QED) is 0.363. The highest BCUT2D eigenvalue weighted by Gasteiger charge is 2.26. The van der Waals surface area contributed by atoms with E-state index in [1.807, 2.05) is 48.5 Å². The van der Waals surface area contributed by atoms with Gasteiger partial charge in [-0.05, 0) is 23.3 Å². The molecule has 0 saturated heterocycles. The van der Waals surface area contributed by atoms with Gasteiger partial charge in [0.05, 0.1) is 9.19 Å². The number of phenols is 2. The third kappa shape index (κ3) is 4.42. The van der Waals surface area contributed by atoms with Crippen molar-refractivity contribution in [2.75, 3.05) is 0 Å². The van der Waals surface area contributed by atoms with E-state index < -0.39 is 16.7 Å².